The third-order valence-electron chi connectivity index (χ3n) is 4.81. The first-order valence-electron chi connectivity index (χ1n) is 7.17. The molecule has 0 radical (unpaired) electrons. The Morgan fingerprint density at radius 1 is 1.15 bits per heavy atom. The van der Waals surface area contributed by atoms with Gasteiger partial charge in [-0.25, -0.2) is 4.98 Å². The van der Waals surface area contributed by atoms with Crippen LogP contribution in [-0.2, 0) is 5.41 Å². The topological polar surface area (TPSA) is 40.7 Å². The summed E-state index contributed by atoms with van der Waals surface area (Å²) in [4.78, 5) is 7.98. The molecule has 0 amide bonds. The van der Waals surface area contributed by atoms with E-state index in [0.717, 1.165) is 12.4 Å². The van der Waals surface area contributed by atoms with Crippen LogP contribution in [0.4, 0.5) is 5.82 Å². The zero-order chi connectivity index (χ0) is 13.2. The first-order valence-corrected chi connectivity index (χ1v) is 7.17. The van der Waals surface area contributed by atoms with E-state index in [-0.39, 0.29) is 0 Å². The Morgan fingerprint density at radius 3 is 2.95 bits per heavy atom. The largest absolute Gasteiger partial charge is 0.369 e. The molecule has 1 spiro atoms. The minimum absolute atomic E-state index is 0.393. The van der Waals surface area contributed by atoms with E-state index in [2.05, 4.69) is 51.8 Å². The van der Waals surface area contributed by atoms with E-state index in [0.29, 0.717) is 5.41 Å². The molecule has 1 aliphatic heterocycles. The maximum Gasteiger partial charge on any atom is 0.129 e. The highest BCUT2D eigenvalue weighted by Gasteiger charge is 2.49. The van der Waals surface area contributed by atoms with Gasteiger partial charge in [0, 0.05) is 51.9 Å². The molecular formula is C17H15N3. The van der Waals surface area contributed by atoms with Crippen molar-refractivity contribution in [2.45, 2.75) is 18.3 Å². The fraction of sp³-hybridized carbons (Fsp3) is 0.235. The van der Waals surface area contributed by atoms with Gasteiger partial charge in [-0.2, -0.15) is 0 Å². The minimum Gasteiger partial charge on any atom is -0.369 e. The number of aromatic nitrogens is 2. The molecule has 3 heterocycles. The van der Waals surface area contributed by atoms with E-state index < -0.39 is 0 Å². The molecule has 0 unspecified atom stereocenters. The molecular weight excluding hydrogens is 246 g/mol. The molecule has 1 aromatic carbocycles. The summed E-state index contributed by atoms with van der Waals surface area (Å²) in [6.07, 6.45) is 6.68. The Hall–Kier alpha value is -2.29. The lowest BCUT2D eigenvalue weighted by Gasteiger charge is -2.07. The van der Waals surface area contributed by atoms with E-state index in [1.165, 1.54) is 40.4 Å². The molecule has 2 aliphatic rings. The number of rotatable bonds is 1. The van der Waals surface area contributed by atoms with Crippen molar-refractivity contribution in [3.8, 4) is 11.1 Å². The van der Waals surface area contributed by atoms with E-state index in [4.69, 9.17) is 0 Å². The summed E-state index contributed by atoms with van der Waals surface area (Å²) in [7, 11) is 0. The van der Waals surface area contributed by atoms with Crippen LogP contribution < -0.4 is 5.32 Å². The van der Waals surface area contributed by atoms with Crippen LogP contribution in [0.3, 0.4) is 0 Å². The predicted molar refractivity (Wildman–Crippen MR) is 80.9 cm³/mol. The number of nitrogens with one attached hydrogen (secondary N) is 2. The zero-order valence-corrected chi connectivity index (χ0v) is 11.1. The van der Waals surface area contributed by atoms with Crippen LogP contribution in [0.1, 0.15) is 18.4 Å². The van der Waals surface area contributed by atoms with Gasteiger partial charge in [0.05, 0.1) is 0 Å². The number of hydrogen-bond acceptors (Lipinski definition) is 2. The summed E-state index contributed by atoms with van der Waals surface area (Å²) >= 11 is 0. The number of aromatic amines is 1. The van der Waals surface area contributed by atoms with E-state index in [1.54, 1.807) is 0 Å². The highest BCUT2D eigenvalue weighted by molar-refractivity contribution is 5.95. The van der Waals surface area contributed by atoms with Gasteiger partial charge in [0.25, 0.3) is 0 Å². The maximum atomic E-state index is 4.63. The average molecular weight is 261 g/mol. The van der Waals surface area contributed by atoms with Crippen LogP contribution in [-0.4, -0.2) is 16.5 Å². The van der Waals surface area contributed by atoms with Crippen molar-refractivity contribution in [2.24, 2.45) is 0 Å². The fourth-order valence-corrected chi connectivity index (χ4v) is 3.41. The predicted octanol–water partition coefficient (Wildman–Crippen LogP) is 3.69. The lowest BCUT2D eigenvalue weighted by molar-refractivity contribution is 0.778. The molecule has 1 fully saturated rings. The summed E-state index contributed by atoms with van der Waals surface area (Å²) in [5, 5.41) is 4.71. The number of hydrogen-bond donors (Lipinski definition) is 2. The first kappa shape index (κ1) is 10.5. The van der Waals surface area contributed by atoms with Crippen LogP contribution in [0, 0.1) is 0 Å². The molecule has 0 bridgehead atoms. The summed E-state index contributed by atoms with van der Waals surface area (Å²) in [6, 6.07) is 10.8. The van der Waals surface area contributed by atoms with Crippen molar-refractivity contribution in [2.75, 3.05) is 11.9 Å². The average Bonchev–Trinajstić information content (AvgIpc) is 3.01. The lowest BCUT2D eigenvalue weighted by atomic mass is 9.97. The molecule has 2 N–H and O–H groups in total. The van der Waals surface area contributed by atoms with Gasteiger partial charge in [0.1, 0.15) is 5.82 Å². The summed E-state index contributed by atoms with van der Waals surface area (Å²) in [5.41, 5.74) is 5.46. The standard InChI is InChI=1S/C17H15N3/c1-2-4-15-12(3-1)13(9-18-15)11-7-14-16(19-8-11)20-10-17(14)5-6-17/h1-4,7-9,18H,5-6,10H2,(H,19,20). The second kappa shape index (κ2) is 3.42. The molecule has 3 heteroatoms. The van der Waals surface area contributed by atoms with Crippen molar-refractivity contribution in [1.82, 2.24) is 9.97 Å². The molecule has 0 atom stereocenters. The van der Waals surface area contributed by atoms with Gasteiger partial charge in [0.15, 0.2) is 0 Å². The van der Waals surface area contributed by atoms with Gasteiger partial charge in [-0.05, 0) is 25.0 Å². The Labute approximate surface area is 117 Å². The smallest absolute Gasteiger partial charge is 0.129 e. The van der Waals surface area contributed by atoms with Gasteiger partial charge >= 0.3 is 0 Å². The van der Waals surface area contributed by atoms with Gasteiger partial charge in [-0.15, -0.1) is 0 Å². The fourth-order valence-electron chi connectivity index (χ4n) is 3.41. The molecule has 98 valence electrons. The van der Waals surface area contributed by atoms with Crippen molar-refractivity contribution >= 4 is 16.7 Å². The van der Waals surface area contributed by atoms with Crippen LogP contribution in [0.25, 0.3) is 22.0 Å². The van der Waals surface area contributed by atoms with Crippen molar-refractivity contribution in [3.63, 3.8) is 0 Å². The van der Waals surface area contributed by atoms with Crippen LogP contribution >= 0.6 is 0 Å². The first-order chi connectivity index (χ1) is 9.86. The quantitative estimate of drug-likeness (QED) is 0.701. The van der Waals surface area contributed by atoms with Crippen LogP contribution in [0.2, 0.25) is 0 Å². The number of benzene rings is 1. The third kappa shape index (κ3) is 1.27. The molecule has 1 aliphatic carbocycles. The SMILES string of the molecule is c1ccc2c(-c3cnc4c(c3)C3(CC3)CN4)c[nH]c2c1. The van der Waals surface area contributed by atoms with Crippen molar-refractivity contribution < 1.29 is 0 Å². The second-order valence-corrected chi connectivity index (χ2v) is 6.00. The lowest BCUT2D eigenvalue weighted by Crippen LogP contribution is -2.08. The van der Waals surface area contributed by atoms with Gasteiger partial charge in [-0.1, -0.05) is 18.2 Å². The number of pyridine rings is 1. The number of fused-ring (bicyclic) bond motifs is 3. The number of nitrogens with zero attached hydrogens (tertiary/aromatic N) is 1. The number of H-pyrrole nitrogens is 1. The maximum absolute atomic E-state index is 4.63. The van der Waals surface area contributed by atoms with Gasteiger partial charge in [-0.3, -0.25) is 0 Å². The Morgan fingerprint density at radius 2 is 2.05 bits per heavy atom. The van der Waals surface area contributed by atoms with Gasteiger partial charge in [0.2, 0.25) is 0 Å². The van der Waals surface area contributed by atoms with Crippen molar-refractivity contribution in [3.05, 3.63) is 48.3 Å². The third-order valence-corrected chi connectivity index (χ3v) is 4.81. The Kier molecular flexibility index (Phi) is 1.80. The van der Waals surface area contributed by atoms with Crippen LogP contribution in [0.5, 0.6) is 0 Å². The van der Waals surface area contributed by atoms with Crippen molar-refractivity contribution in [1.29, 1.82) is 0 Å². The molecule has 20 heavy (non-hydrogen) atoms. The normalized spacial score (nSPS) is 18.2. The monoisotopic (exact) mass is 261 g/mol. The molecule has 5 rings (SSSR count). The molecule has 0 saturated heterocycles. The summed E-state index contributed by atoms with van der Waals surface area (Å²) in [5.74, 6) is 1.09. The highest BCUT2D eigenvalue weighted by Crippen LogP contribution is 2.54. The van der Waals surface area contributed by atoms with E-state index in [9.17, 15) is 0 Å². The van der Waals surface area contributed by atoms with Crippen LogP contribution in [0.15, 0.2) is 42.7 Å². The summed E-state index contributed by atoms with van der Waals surface area (Å²) in [6.45, 7) is 1.06. The minimum atomic E-state index is 0.393. The summed E-state index contributed by atoms with van der Waals surface area (Å²) < 4.78 is 0. The Balaban J connectivity index is 1.72. The number of anilines is 1. The van der Waals surface area contributed by atoms with E-state index >= 15 is 0 Å². The molecule has 2 aromatic heterocycles. The van der Waals surface area contributed by atoms with E-state index in [1.807, 2.05) is 6.20 Å². The highest BCUT2D eigenvalue weighted by atomic mass is 15.0. The molecule has 3 aromatic rings. The zero-order valence-electron chi connectivity index (χ0n) is 11.1. The van der Waals surface area contributed by atoms with Gasteiger partial charge < -0.3 is 10.3 Å². The molecule has 1 saturated carbocycles. The Bertz CT molecular complexity index is 827. The second-order valence-electron chi connectivity index (χ2n) is 6.00. The number of para-hydroxylation sites is 1. The molecule has 3 nitrogen and oxygen atoms in total.